The third-order valence-corrected chi connectivity index (χ3v) is 4.55. The van der Waals surface area contributed by atoms with Gasteiger partial charge in [0.15, 0.2) is 0 Å². The molecule has 2 heterocycles. The number of imidazole rings is 1. The molecule has 1 saturated heterocycles. The number of amides is 1. The Morgan fingerprint density at radius 1 is 1.46 bits per heavy atom. The molecule has 128 valence electrons. The number of piperidine rings is 1. The fourth-order valence-electron chi connectivity index (χ4n) is 3.25. The molecule has 0 spiro atoms. The predicted molar refractivity (Wildman–Crippen MR) is 91.4 cm³/mol. The lowest BCUT2D eigenvalue weighted by atomic mass is 9.97. The lowest BCUT2D eigenvalue weighted by molar-refractivity contribution is -0.117. The van der Waals surface area contributed by atoms with Crippen LogP contribution in [0, 0.1) is 12.7 Å². The van der Waals surface area contributed by atoms with Crippen LogP contribution in [0.3, 0.4) is 0 Å². The number of carbonyl (C=O) groups is 1. The Balaban J connectivity index is 1.58. The molecule has 0 saturated carbocycles. The quantitative estimate of drug-likeness (QED) is 0.938. The minimum absolute atomic E-state index is 0.112. The first-order chi connectivity index (χ1) is 11.5. The highest BCUT2D eigenvalue weighted by Crippen LogP contribution is 2.25. The third kappa shape index (κ3) is 3.82. The van der Waals surface area contributed by atoms with Crippen LogP contribution in [0.15, 0.2) is 30.6 Å². The van der Waals surface area contributed by atoms with Gasteiger partial charge in [0, 0.05) is 37.6 Å². The Morgan fingerprint density at radius 2 is 2.29 bits per heavy atom. The Morgan fingerprint density at radius 3 is 3.00 bits per heavy atom. The van der Waals surface area contributed by atoms with Crippen molar-refractivity contribution in [3.63, 3.8) is 0 Å². The molecule has 0 radical (unpaired) electrons. The zero-order valence-corrected chi connectivity index (χ0v) is 14.1. The summed E-state index contributed by atoms with van der Waals surface area (Å²) in [4.78, 5) is 18.8. The van der Waals surface area contributed by atoms with Crippen molar-refractivity contribution in [1.82, 2.24) is 14.5 Å². The fourth-order valence-corrected chi connectivity index (χ4v) is 3.25. The Bertz CT molecular complexity index is 728. The maximum atomic E-state index is 13.6. The van der Waals surface area contributed by atoms with Crippen LogP contribution >= 0.6 is 0 Å². The van der Waals surface area contributed by atoms with Gasteiger partial charge >= 0.3 is 0 Å². The van der Waals surface area contributed by atoms with Crippen LogP contribution in [0.1, 0.15) is 30.1 Å². The highest BCUT2D eigenvalue weighted by molar-refractivity contribution is 5.92. The molecule has 1 atom stereocenters. The number of hydrogen-bond donors (Lipinski definition) is 1. The molecule has 1 aliphatic heterocycles. The van der Waals surface area contributed by atoms with E-state index in [4.69, 9.17) is 0 Å². The highest BCUT2D eigenvalue weighted by Gasteiger charge is 2.25. The molecule has 0 aliphatic carbocycles. The summed E-state index contributed by atoms with van der Waals surface area (Å²) in [5.41, 5.74) is 1.07. The molecule has 2 aromatic rings. The third-order valence-electron chi connectivity index (χ3n) is 4.55. The largest absolute Gasteiger partial charge is 0.338 e. The van der Waals surface area contributed by atoms with Gasteiger partial charge in [-0.15, -0.1) is 0 Å². The van der Waals surface area contributed by atoms with Crippen LogP contribution in [-0.2, 0) is 11.8 Å². The van der Waals surface area contributed by atoms with Crippen molar-refractivity contribution < 1.29 is 9.18 Å². The van der Waals surface area contributed by atoms with E-state index in [0.717, 1.165) is 31.8 Å². The van der Waals surface area contributed by atoms with Crippen molar-refractivity contribution >= 4 is 11.6 Å². The van der Waals surface area contributed by atoms with E-state index in [-0.39, 0.29) is 11.7 Å². The van der Waals surface area contributed by atoms with Gasteiger partial charge in [-0.25, -0.2) is 9.37 Å². The van der Waals surface area contributed by atoms with Crippen molar-refractivity contribution in [2.75, 3.05) is 25.0 Å². The fraction of sp³-hybridized carbons (Fsp3) is 0.444. The van der Waals surface area contributed by atoms with Gasteiger partial charge in [0.05, 0.1) is 6.54 Å². The molecule has 6 heteroatoms. The molecule has 1 aliphatic rings. The monoisotopic (exact) mass is 330 g/mol. The van der Waals surface area contributed by atoms with Gasteiger partial charge in [-0.2, -0.15) is 0 Å². The topological polar surface area (TPSA) is 50.2 Å². The summed E-state index contributed by atoms with van der Waals surface area (Å²) in [5.74, 6) is 1.00. The Hall–Kier alpha value is -2.21. The van der Waals surface area contributed by atoms with Gasteiger partial charge in [0.2, 0.25) is 5.91 Å². The summed E-state index contributed by atoms with van der Waals surface area (Å²) in [7, 11) is 2.00. The number of aryl methyl sites for hydroxylation is 2. The maximum absolute atomic E-state index is 13.6. The number of rotatable bonds is 4. The smallest absolute Gasteiger partial charge is 0.238 e. The summed E-state index contributed by atoms with van der Waals surface area (Å²) < 4.78 is 15.6. The zero-order valence-electron chi connectivity index (χ0n) is 14.1. The van der Waals surface area contributed by atoms with E-state index in [9.17, 15) is 9.18 Å². The first-order valence-electron chi connectivity index (χ1n) is 8.28. The maximum Gasteiger partial charge on any atom is 0.238 e. The summed E-state index contributed by atoms with van der Waals surface area (Å²) in [6.45, 7) is 3.74. The normalized spacial score (nSPS) is 18.5. The SMILES string of the molecule is Cc1ccc(NC(=O)CN2CCC[C@@H](c3nccn3C)C2)cc1F. The molecular formula is C18H23FN4O. The van der Waals surface area contributed by atoms with Crippen LogP contribution in [0.5, 0.6) is 0 Å². The predicted octanol–water partition coefficient (Wildman–Crippen LogP) is 2.69. The number of halogens is 1. The molecule has 1 N–H and O–H groups in total. The summed E-state index contributed by atoms with van der Waals surface area (Å²) in [6.07, 6.45) is 5.90. The number of likely N-dealkylation sites (tertiary alicyclic amines) is 1. The lowest BCUT2D eigenvalue weighted by Crippen LogP contribution is -2.40. The first-order valence-corrected chi connectivity index (χ1v) is 8.28. The number of nitrogens with zero attached hydrogens (tertiary/aromatic N) is 3. The number of aromatic nitrogens is 2. The molecule has 3 rings (SSSR count). The van der Waals surface area contributed by atoms with E-state index in [2.05, 4.69) is 15.2 Å². The van der Waals surface area contributed by atoms with E-state index >= 15 is 0 Å². The van der Waals surface area contributed by atoms with Gasteiger partial charge in [-0.1, -0.05) is 6.07 Å². The minimum Gasteiger partial charge on any atom is -0.338 e. The average Bonchev–Trinajstić information content (AvgIpc) is 2.97. The van der Waals surface area contributed by atoms with Crippen molar-refractivity contribution in [2.45, 2.75) is 25.7 Å². The van der Waals surface area contributed by atoms with E-state index in [1.54, 1.807) is 19.1 Å². The van der Waals surface area contributed by atoms with Crippen molar-refractivity contribution in [1.29, 1.82) is 0 Å². The van der Waals surface area contributed by atoms with Crippen LogP contribution in [0.25, 0.3) is 0 Å². The first kappa shape index (κ1) is 16.6. The zero-order chi connectivity index (χ0) is 17.1. The van der Waals surface area contributed by atoms with Crippen molar-refractivity contribution in [2.24, 2.45) is 7.05 Å². The molecule has 0 unspecified atom stereocenters. The molecular weight excluding hydrogens is 307 g/mol. The summed E-state index contributed by atoms with van der Waals surface area (Å²) in [5, 5.41) is 2.78. The van der Waals surface area contributed by atoms with Gasteiger partial charge in [-0.05, 0) is 44.0 Å². The number of hydrogen-bond acceptors (Lipinski definition) is 3. The van der Waals surface area contributed by atoms with Gasteiger partial charge in [0.25, 0.3) is 0 Å². The number of anilines is 1. The van der Waals surface area contributed by atoms with Gasteiger partial charge in [-0.3, -0.25) is 9.69 Å². The summed E-state index contributed by atoms with van der Waals surface area (Å²) >= 11 is 0. The van der Waals surface area contributed by atoms with Gasteiger partial charge in [0.1, 0.15) is 11.6 Å². The van der Waals surface area contributed by atoms with Crippen LogP contribution in [0.2, 0.25) is 0 Å². The molecule has 5 nitrogen and oxygen atoms in total. The number of carbonyl (C=O) groups excluding carboxylic acids is 1. The van der Waals surface area contributed by atoms with E-state index < -0.39 is 0 Å². The Kier molecular flexibility index (Phi) is 4.94. The molecule has 1 fully saturated rings. The number of benzene rings is 1. The highest BCUT2D eigenvalue weighted by atomic mass is 19.1. The van der Waals surface area contributed by atoms with Gasteiger partial charge < -0.3 is 9.88 Å². The van der Waals surface area contributed by atoms with E-state index in [1.165, 1.54) is 6.07 Å². The number of nitrogens with one attached hydrogen (secondary N) is 1. The van der Waals surface area contributed by atoms with Crippen LogP contribution < -0.4 is 5.32 Å². The molecule has 0 bridgehead atoms. The van der Waals surface area contributed by atoms with Crippen molar-refractivity contribution in [3.8, 4) is 0 Å². The van der Waals surface area contributed by atoms with Crippen LogP contribution in [0.4, 0.5) is 10.1 Å². The minimum atomic E-state index is -0.305. The lowest BCUT2D eigenvalue weighted by Gasteiger charge is -2.31. The second kappa shape index (κ2) is 7.13. The van der Waals surface area contributed by atoms with Crippen molar-refractivity contribution in [3.05, 3.63) is 47.8 Å². The average molecular weight is 330 g/mol. The van der Waals surface area contributed by atoms with E-state index in [0.29, 0.717) is 23.7 Å². The molecule has 1 aromatic heterocycles. The standard InChI is InChI=1S/C18H23FN4O/c1-13-5-6-15(10-16(13)19)21-17(24)12-23-8-3-4-14(11-23)18-20-7-9-22(18)2/h5-7,9-10,14H,3-4,8,11-12H2,1-2H3,(H,21,24)/t14-/m1/s1. The molecule has 1 aromatic carbocycles. The summed E-state index contributed by atoms with van der Waals surface area (Å²) in [6, 6.07) is 4.76. The van der Waals surface area contributed by atoms with Crippen LogP contribution in [-0.4, -0.2) is 40.0 Å². The second-order valence-electron chi connectivity index (χ2n) is 6.48. The molecule has 1 amide bonds. The molecule has 24 heavy (non-hydrogen) atoms. The second-order valence-corrected chi connectivity index (χ2v) is 6.48. The Labute approximate surface area is 141 Å². The van der Waals surface area contributed by atoms with E-state index in [1.807, 2.05) is 24.0 Å².